The summed E-state index contributed by atoms with van der Waals surface area (Å²) in [5.74, 6) is -0.125. The SMILES string of the molecule is CC(=O)C=C(C)O.CC(=O)C=C(C)O.CCC1=C(CC)c2cc3[n-]c(cc4nc(cc5[n-]c(cc1n2)c(CC)c5CC)C(CC)=C4CC)c(CC)c3CC.[Ir].[Ir].[Ir].[Pt+2].[c-]1ccc(-c2ccccc2)cc1-c1ccccn1.[c-]1ccccc1-c1nc2ccccc2c2ccccc12.[c-]1ccccc1-c1nc2ccccc2nc1-c1ccccc1. The number of fused-ring (bicyclic) bond motifs is 12. The number of hydrogen-bond donors (Lipinski definition) is 2. The number of ketones is 2. The Morgan fingerprint density at radius 3 is 1.08 bits per heavy atom. The van der Waals surface area contributed by atoms with Gasteiger partial charge in [0.15, 0.2) is 11.6 Å². The molecule has 0 unspecified atom stereocenters. The molecule has 0 aliphatic carbocycles. The van der Waals surface area contributed by atoms with E-state index in [4.69, 9.17) is 45.1 Å². The molecule has 0 amide bonds. The molecule has 2 aliphatic heterocycles. The number of aliphatic hydroxyl groups excluding tert-OH is 2. The van der Waals surface area contributed by atoms with Crippen LogP contribution in [0.2, 0.25) is 0 Å². The molecule has 16 rings (SSSR count). The van der Waals surface area contributed by atoms with Crippen LogP contribution in [0.15, 0.2) is 273 Å². The van der Waals surface area contributed by atoms with Gasteiger partial charge in [-0.25, -0.2) is 9.97 Å². The van der Waals surface area contributed by atoms with Gasteiger partial charge in [-0.3, -0.25) is 24.5 Å². The second-order valence-electron chi connectivity index (χ2n) is 27.5. The monoisotopic (exact) mass is 2270 g/mol. The number of rotatable bonds is 15. The standard InChI is InChI=1S/C36H44N4.C20H13N2.C19H12N.C17H12N.2C5H8O2.3Ir.Pt/c1-9-21-22(10-2)30-18-32-25(13-5)26(14-6)34(39-32)20-36-28(16-8)27(15-7)35(40-36)19-33-24(12-4)23(11-3)31(38-33)17-29(21)37-30;1-3-9-15(10-4-1)19-20(16-11-5-2-6-12-16)22-18-14-8-7-13-17(18)21-19;1-2-8-14(9-3-1)19-17-12-5-4-10-15(17)16-11-6-7-13-18(16)20-19;1-2-7-14(8-3-1)15-9-6-10-16(13-15)17-11-4-5-12-18-17;2*1-4(6)3-5(2)7;;;;/h17-20H,9-16H2,1-8H3;1-11,13-14H;1-8,10-13H;1-9,11-13H;2*3,6H,1-2H3;;;;/q-2;3*-1;;;;;;+2. The van der Waals surface area contributed by atoms with Crippen LogP contribution in [-0.2, 0) is 117 Å². The molecule has 3 radical (unpaired) electrons. The molecule has 12 nitrogen and oxygen atoms in total. The first kappa shape index (κ1) is 94.7. The van der Waals surface area contributed by atoms with Crippen molar-refractivity contribution < 1.29 is 101 Å². The van der Waals surface area contributed by atoms with Crippen LogP contribution < -0.4 is 9.97 Å². The first-order valence-electron chi connectivity index (χ1n) is 39.4. The molecule has 8 heterocycles. The molecule has 8 bridgehead atoms. The molecular weight excluding hydrogens is 2170 g/mol. The van der Waals surface area contributed by atoms with E-state index in [0.29, 0.717) is 0 Å². The van der Waals surface area contributed by atoms with E-state index in [1.807, 2.05) is 133 Å². The van der Waals surface area contributed by atoms with Gasteiger partial charge in [-0.05, 0) is 159 Å². The van der Waals surface area contributed by atoms with E-state index < -0.39 is 0 Å². The van der Waals surface area contributed by atoms with Gasteiger partial charge in [0.25, 0.3) is 0 Å². The summed E-state index contributed by atoms with van der Waals surface area (Å²) in [4.78, 5) is 59.9. The van der Waals surface area contributed by atoms with Crippen molar-refractivity contribution in [1.82, 2.24) is 39.9 Å². The average molecular weight is 2270 g/mol. The number of hydrogen-bond acceptors (Lipinski definition) is 10. The quantitative estimate of drug-likeness (QED) is 0.0430. The van der Waals surface area contributed by atoms with Gasteiger partial charge >= 0.3 is 21.1 Å². The zero-order valence-electron chi connectivity index (χ0n) is 68.6. The maximum atomic E-state index is 10.0. The average Bonchev–Trinajstić information content (AvgIpc) is 1.53. The maximum Gasteiger partial charge on any atom is 2.00 e. The van der Waals surface area contributed by atoms with Crippen molar-refractivity contribution >= 4 is 88.6 Å². The Morgan fingerprint density at radius 1 is 0.331 bits per heavy atom. The fourth-order valence-electron chi connectivity index (χ4n) is 14.6. The van der Waals surface area contributed by atoms with E-state index in [-0.39, 0.29) is 104 Å². The smallest absolute Gasteiger partial charge is 0.657 e. The van der Waals surface area contributed by atoms with Crippen molar-refractivity contribution in [2.75, 3.05) is 0 Å². The second kappa shape index (κ2) is 46.7. The van der Waals surface area contributed by atoms with Gasteiger partial charge in [-0.2, -0.15) is 0 Å². The molecule has 118 heavy (non-hydrogen) atoms. The van der Waals surface area contributed by atoms with E-state index in [2.05, 4.69) is 188 Å². The molecule has 14 aromatic rings. The van der Waals surface area contributed by atoms with Crippen LogP contribution >= 0.6 is 0 Å². The predicted octanol–water partition coefficient (Wildman–Crippen LogP) is 25.2. The Morgan fingerprint density at radius 2 is 0.695 bits per heavy atom. The minimum atomic E-state index is -0.125. The summed E-state index contributed by atoms with van der Waals surface area (Å²) in [5.41, 5.74) is 32.2. The summed E-state index contributed by atoms with van der Waals surface area (Å²) < 4.78 is 0. The van der Waals surface area contributed by atoms with Gasteiger partial charge in [0.2, 0.25) is 0 Å². The molecule has 16 heteroatoms. The Labute approximate surface area is 749 Å². The number of aliphatic hydroxyl groups is 2. The summed E-state index contributed by atoms with van der Waals surface area (Å²) in [7, 11) is 0. The summed E-state index contributed by atoms with van der Waals surface area (Å²) in [5, 5.41) is 20.3. The fourth-order valence-corrected chi connectivity index (χ4v) is 14.6. The zero-order valence-corrected chi connectivity index (χ0v) is 78.0. The number of nitrogens with zero attached hydrogens (tertiary/aromatic N) is 8. The van der Waals surface area contributed by atoms with Crippen LogP contribution in [0.4, 0.5) is 0 Å². The van der Waals surface area contributed by atoms with E-state index in [1.165, 1.54) is 112 Å². The Balaban J connectivity index is 0.000000212. The third kappa shape index (κ3) is 23.7. The topological polar surface area (TPSA) is 180 Å². The third-order valence-electron chi connectivity index (χ3n) is 19.6. The van der Waals surface area contributed by atoms with Crippen LogP contribution in [-0.4, -0.2) is 51.7 Å². The number of pyridine rings is 2. The second-order valence-corrected chi connectivity index (χ2v) is 27.5. The van der Waals surface area contributed by atoms with Crippen molar-refractivity contribution in [1.29, 1.82) is 0 Å². The number of aromatic nitrogens is 8. The minimum Gasteiger partial charge on any atom is -0.657 e. The molecule has 0 spiro atoms. The first-order valence-corrected chi connectivity index (χ1v) is 39.4. The Hall–Kier alpha value is -10.4. The van der Waals surface area contributed by atoms with Gasteiger partial charge < -0.3 is 25.2 Å². The molecule has 6 aromatic heterocycles. The van der Waals surface area contributed by atoms with Crippen LogP contribution in [0.5, 0.6) is 0 Å². The normalized spacial score (nSPS) is 11.4. The van der Waals surface area contributed by atoms with Gasteiger partial charge in [-0.1, -0.05) is 229 Å². The largest absolute Gasteiger partial charge is 2.00 e. The van der Waals surface area contributed by atoms with Gasteiger partial charge in [-0.15, -0.1) is 129 Å². The van der Waals surface area contributed by atoms with E-state index in [1.54, 1.807) is 6.20 Å². The number of allylic oxidation sites excluding steroid dienone is 8. The Kier molecular flexibility index (Phi) is 37.4. The van der Waals surface area contributed by atoms with Crippen molar-refractivity contribution in [3.63, 3.8) is 0 Å². The van der Waals surface area contributed by atoms with Crippen molar-refractivity contribution in [2.45, 2.75) is 134 Å². The molecule has 0 saturated heterocycles. The fraction of sp³-hybridized carbons (Fsp3) is 0.196. The van der Waals surface area contributed by atoms with Crippen LogP contribution in [0.25, 0.3) is 133 Å². The van der Waals surface area contributed by atoms with Crippen LogP contribution in [0.1, 0.15) is 154 Å². The maximum absolute atomic E-state index is 10.0. The molecule has 8 aromatic carbocycles. The molecule has 0 saturated carbocycles. The van der Waals surface area contributed by atoms with Crippen molar-refractivity contribution in [2.24, 2.45) is 0 Å². The van der Waals surface area contributed by atoms with E-state index >= 15 is 0 Å². The van der Waals surface area contributed by atoms with Crippen molar-refractivity contribution in [3.8, 4) is 56.2 Å². The summed E-state index contributed by atoms with van der Waals surface area (Å²) in [6.07, 6.45) is 11.7. The van der Waals surface area contributed by atoms with Gasteiger partial charge in [0, 0.05) is 89.7 Å². The van der Waals surface area contributed by atoms with E-state index in [9.17, 15) is 9.59 Å². The summed E-state index contributed by atoms with van der Waals surface area (Å²) in [6.45, 7) is 23.6. The number of para-hydroxylation sites is 3. The number of benzene rings is 8. The minimum absolute atomic E-state index is 0. The van der Waals surface area contributed by atoms with Crippen LogP contribution in [0.3, 0.4) is 0 Å². The Bertz CT molecular complexity index is 5620. The molecule has 609 valence electrons. The number of carbonyl (C=O) groups is 2. The molecule has 2 aliphatic rings. The molecule has 0 atom stereocenters. The first-order chi connectivity index (χ1) is 55.5. The number of aryl methyl sites for hydroxylation is 4. The molecular formula is C102H97Ir3N8O4Pt-3. The zero-order chi connectivity index (χ0) is 80.6. The summed E-state index contributed by atoms with van der Waals surface area (Å²) in [6, 6.07) is 91.8. The molecule has 2 N–H and O–H groups in total. The molecule has 0 fully saturated rings. The summed E-state index contributed by atoms with van der Waals surface area (Å²) >= 11 is 0. The number of carbonyl (C=O) groups excluding carboxylic acids is 2. The van der Waals surface area contributed by atoms with E-state index in [0.717, 1.165) is 158 Å². The van der Waals surface area contributed by atoms with Gasteiger partial charge in [0.05, 0.1) is 56.5 Å². The van der Waals surface area contributed by atoms with Gasteiger partial charge in [0.1, 0.15) is 0 Å². The van der Waals surface area contributed by atoms with Crippen LogP contribution in [0, 0.1) is 18.2 Å². The third-order valence-corrected chi connectivity index (χ3v) is 19.6. The predicted molar refractivity (Wildman–Crippen MR) is 472 cm³/mol. The van der Waals surface area contributed by atoms with Crippen molar-refractivity contribution in [3.05, 3.63) is 336 Å².